The summed E-state index contributed by atoms with van der Waals surface area (Å²) in [6.07, 6.45) is 5.60. The SMILES string of the molecule is CC1=C(C(=O)OCCN2CCC(c3ccccc3)CC2)C(c2cccc([N+](=O)[O-])c2)C(c2cccnc2)=C(C)N1. The van der Waals surface area contributed by atoms with Crippen LogP contribution in [0.2, 0.25) is 0 Å². The molecule has 0 aliphatic carbocycles. The standard InChI is InChI=1S/C32H34N4O4/c1-22-29(27-11-7-15-33-21-27)31(26-10-6-12-28(20-26)36(38)39)30(23(2)34-22)32(37)40-19-18-35-16-13-25(14-17-35)24-8-4-3-5-9-24/h3-12,15,20-21,25,31,34H,13-14,16-19H2,1-2H3. The zero-order valence-corrected chi connectivity index (χ0v) is 22.9. The van der Waals surface area contributed by atoms with Crippen LogP contribution in [0.3, 0.4) is 0 Å². The van der Waals surface area contributed by atoms with Gasteiger partial charge in [0.15, 0.2) is 0 Å². The summed E-state index contributed by atoms with van der Waals surface area (Å²) in [6.45, 7) is 6.65. The van der Waals surface area contributed by atoms with E-state index in [0.717, 1.165) is 42.8 Å². The number of piperidine rings is 1. The highest BCUT2D eigenvalue weighted by Crippen LogP contribution is 2.44. The van der Waals surface area contributed by atoms with Gasteiger partial charge in [-0.2, -0.15) is 0 Å². The summed E-state index contributed by atoms with van der Waals surface area (Å²) >= 11 is 0. The molecule has 1 N–H and O–H groups in total. The van der Waals surface area contributed by atoms with Gasteiger partial charge in [0.25, 0.3) is 5.69 Å². The Balaban J connectivity index is 1.32. The number of pyridine rings is 1. The van der Waals surface area contributed by atoms with Gasteiger partial charge in [-0.25, -0.2) is 4.79 Å². The number of nitrogens with zero attached hydrogens (tertiary/aromatic N) is 3. The molecule has 3 heterocycles. The lowest BCUT2D eigenvalue weighted by Gasteiger charge is -2.33. The van der Waals surface area contributed by atoms with Gasteiger partial charge in [-0.1, -0.05) is 48.5 Å². The fraction of sp³-hybridized carbons (Fsp3) is 0.312. The first-order chi connectivity index (χ1) is 19.4. The van der Waals surface area contributed by atoms with E-state index in [-0.39, 0.29) is 12.3 Å². The Labute approximate surface area is 234 Å². The number of nitrogens with one attached hydrogen (secondary N) is 1. The van der Waals surface area contributed by atoms with Crippen molar-refractivity contribution in [3.63, 3.8) is 0 Å². The van der Waals surface area contributed by atoms with Crippen molar-refractivity contribution in [2.75, 3.05) is 26.2 Å². The summed E-state index contributed by atoms with van der Waals surface area (Å²) < 4.78 is 5.86. The maximum absolute atomic E-state index is 13.7. The lowest BCUT2D eigenvalue weighted by atomic mass is 9.78. The minimum Gasteiger partial charge on any atom is -0.461 e. The van der Waals surface area contributed by atoms with Gasteiger partial charge in [0.05, 0.1) is 10.5 Å². The van der Waals surface area contributed by atoms with Gasteiger partial charge in [0, 0.05) is 48.4 Å². The molecule has 40 heavy (non-hydrogen) atoms. The Morgan fingerprint density at radius 3 is 2.48 bits per heavy atom. The van der Waals surface area contributed by atoms with Gasteiger partial charge in [0.1, 0.15) is 6.61 Å². The third kappa shape index (κ3) is 5.97. The van der Waals surface area contributed by atoms with E-state index in [1.54, 1.807) is 18.5 Å². The van der Waals surface area contributed by atoms with Crippen LogP contribution in [-0.2, 0) is 9.53 Å². The van der Waals surface area contributed by atoms with E-state index in [1.807, 2.05) is 38.1 Å². The second-order valence-corrected chi connectivity index (χ2v) is 10.4. The number of nitro groups is 1. The summed E-state index contributed by atoms with van der Waals surface area (Å²) in [6, 6.07) is 20.9. The number of dihydropyridines is 1. The molecule has 2 aromatic carbocycles. The predicted octanol–water partition coefficient (Wildman–Crippen LogP) is 5.80. The lowest BCUT2D eigenvalue weighted by Crippen LogP contribution is -2.36. The van der Waals surface area contributed by atoms with Crippen molar-refractivity contribution in [3.05, 3.63) is 123 Å². The Morgan fingerprint density at radius 2 is 1.77 bits per heavy atom. The number of nitro benzene ring substituents is 1. The fourth-order valence-electron chi connectivity index (χ4n) is 5.88. The number of ether oxygens (including phenoxy) is 1. The van der Waals surface area contributed by atoms with Crippen molar-refractivity contribution in [2.24, 2.45) is 0 Å². The molecular formula is C32H34N4O4. The van der Waals surface area contributed by atoms with Crippen molar-refractivity contribution >= 4 is 17.2 Å². The summed E-state index contributed by atoms with van der Waals surface area (Å²) in [4.78, 5) is 31.5. The van der Waals surface area contributed by atoms with E-state index >= 15 is 0 Å². The zero-order chi connectivity index (χ0) is 28.1. The summed E-state index contributed by atoms with van der Waals surface area (Å²) in [5, 5.41) is 14.9. The van der Waals surface area contributed by atoms with Crippen LogP contribution >= 0.6 is 0 Å². The van der Waals surface area contributed by atoms with E-state index in [9.17, 15) is 14.9 Å². The molecule has 1 atom stereocenters. The monoisotopic (exact) mass is 538 g/mol. The number of allylic oxidation sites excluding steroid dienone is 3. The van der Waals surface area contributed by atoms with Gasteiger partial charge in [-0.3, -0.25) is 20.0 Å². The van der Waals surface area contributed by atoms with E-state index in [2.05, 4.69) is 39.5 Å². The minimum absolute atomic E-state index is 0.0245. The molecule has 1 aromatic heterocycles. The largest absolute Gasteiger partial charge is 0.461 e. The third-order valence-electron chi connectivity index (χ3n) is 7.87. The molecule has 1 fully saturated rings. The van der Waals surface area contributed by atoms with Crippen LogP contribution in [0, 0.1) is 10.1 Å². The molecule has 0 amide bonds. The minimum atomic E-state index is -0.542. The van der Waals surface area contributed by atoms with E-state index in [4.69, 9.17) is 4.74 Å². The molecule has 206 valence electrons. The van der Waals surface area contributed by atoms with E-state index < -0.39 is 16.8 Å². The summed E-state index contributed by atoms with van der Waals surface area (Å²) in [5.74, 6) is -0.397. The van der Waals surface area contributed by atoms with Gasteiger partial charge >= 0.3 is 5.97 Å². The molecule has 8 heteroatoms. The zero-order valence-electron chi connectivity index (χ0n) is 22.9. The van der Waals surface area contributed by atoms with Gasteiger partial charge in [-0.15, -0.1) is 0 Å². The van der Waals surface area contributed by atoms with Crippen LogP contribution in [0.15, 0.2) is 96.1 Å². The highest BCUT2D eigenvalue weighted by molar-refractivity contribution is 5.97. The second kappa shape index (κ2) is 12.3. The van der Waals surface area contributed by atoms with Crippen LogP contribution in [0.1, 0.15) is 55.2 Å². The molecule has 0 bridgehead atoms. The van der Waals surface area contributed by atoms with Gasteiger partial charge in [-0.05, 0) is 74.0 Å². The molecule has 0 saturated carbocycles. The second-order valence-electron chi connectivity index (χ2n) is 10.4. The van der Waals surface area contributed by atoms with Crippen molar-refractivity contribution in [1.29, 1.82) is 0 Å². The molecule has 8 nitrogen and oxygen atoms in total. The highest BCUT2D eigenvalue weighted by Gasteiger charge is 2.35. The van der Waals surface area contributed by atoms with Crippen molar-refractivity contribution in [3.8, 4) is 0 Å². The van der Waals surface area contributed by atoms with Crippen molar-refractivity contribution in [2.45, 2.75) is 38.5 Å². The number of aromatic nitrogens is 1. The number of likely N-dealkylation sites (tertiary alicyclic amines) is 1. The van der Waals surface area contributed by atoms with E-state index in [0.29, 0.717) is 29.3 Å². The molecular weight excluding hydrogens is 504 g/mol. The first-order valence-corrected chi connectivity index (χ1v) is 13.7. The number of benzene rings is 2. The number of rotatable bonds is 8. The van der Waals surface area contributed by atoms with Crippen LogP contribution in [0.5, 0.6) is 0 Å². The Kier molecular flexibility index (Phi) is 8.36. The average molecular weight is 539 g/mol. The molecule has 0 radical (unpaired) electrons. The van der Waals surface area contributed by atoms with Gasteiger partial charge < -0.3 is 10.1 Å². The number of carbonyl (C=O) groups is 1. The Bertz CT molecular complexity index is 1430. The van der Waals surface area contributed by atoms with Crippen LogP contribution in [0.25, 0.3) is 5.57 Å². The van der Waals surface area contributed by atoms with Crippen molar-refractivity contribution < 1.29 is 14.5 Å². The number of hydrogen-bond acceptors (Lipinski definition) is 7. The molecule has 1 unspecified atom stereocenters. The van der Waals surface area contributed by atoms with Crippen molar-refractivity contribution in [1.82, 2.24) is 15.2 Å². The molecule has 2 aliphatic rings. The quantitative estimate of drug-likeness (QED) is 0.220. The van der Waals surface area contributed by atoms with Crippen LogP contribution in [-0.4, -0.2) is 47.0 Å². The van der Waals surface area contributed by atoms with Gasteiger partial charge in [0.2, 0.25) is 0 Å². The fourth-order valence-corrected chi connectivity index (χ4v) is 5.88. The first kappa shape index (κ1) is 27.3. The number of esters is 1. The Hall–Kier alpha value is -4.30. The Morgan fingerprint density at radius 1 is 1.02 bits per heavy atom. The smallest absolute Gasteiger partial charge is 0.336 e. The number of carbonyl (C=O) groups excluding carboxylic acids is 1. The maximum Gasteiger partial charge on any atom is 0.336 e. The van der Waals surface area contributed by atoms with E-state index in [1.165, 1.54) is 17.7 Å². The topological polar surface area (TPSA) is 97.6 Å². The van der Waals surface area contributed by atoms with Crippen LogP contribution in [0.4, 0.5) is 5.69 Å². The number of hydrogen-bond donors (Lipinski definition) is 1. The number of non-ortho nitro benzene ring substituents is 1. The molecule has 0 spiro atoms. The third-order valence-corrected chi connectivity index (χ3v) is 7.87. The molecule has 2 aliphatic heterocycles. The molecule has 1 saturated heterocycles. The summed E-state index contributed by atoms with van der Waals surface area (Å²) in [7, 11) is 0. The van der Waals surface area contributed by atoms with Crippen LogP contribution < -0.4 is 5.32 Å². The first-order valence-electron chi connectivity index (χ1n) is 13.7. The predicted molar refractivity (Wildman–Crippen MR) is 154 cm³/mol. The molecule has 5 rings (SSSR count). The normalized spacial score (nSPS) is 18.4. The molecule has 3 aromatic rings. The summed E-state index contributed by atoms with van der Waals surface area (Å²) in [5.41, 5.74) is 5.69. The lowest BCUT2D eigenvalue weighted by molar-refractivity contribution is -0.384. The average Bonchev–Trinajstić information content (AvgIpc) is 2.98. The highest BCUT2D eigenvalue weighted by atomic mass is 16.6. The maximum atomic E-state index is 13.7.